The third-order valence-corrected chi connectivity index (χ3v) is 2.45. The Morgan fingerprint density at radius 3 is 2.77 bits per heavy atom. The molecule has 0 saturated carbocycles. The Hall–Kier alpha value is -0.810. The molecule has 1 saturated heterocycles. The molecule has 5 nitrogen and oxygen atoms in total. The largest absolute Gasteiger partial charge is 0.381 e. The molecule has 13 heavy (non-hydrogen) atoms. The number of nitrogens with two attached hydrogens (primary N) is 1. The molecule has 0 aromatic rings. The van der Waals surface area contributed by atoms with E-state index in [9.17, 15) is 0 Å². The van der Waals surface area contributed by atoms with Crippen molar-refractivity contribution in [3.8, 4) is 0 Å². The first-order valence-electron chi connectivity index (χ1n) is 4.44. The predicted molar refractivity (Wildman–Crippen MR) is 49.6 cm³/mol. The number of hydroxylamine groups is 1. The Morgan fingerprint density at radius 2 is 2.23 bits per heavy atom. The summed E-state index contributed by atoms with van der Waals surface area (Å²) in [7, 11) is 0. The highest BCUT2D eigenvalue weighted by Gasteiger charge is 2.26. The highest BCUT2D eigenvalue weighted by Crippen LogP contribution is 2.29. The van der Waals surface area contributed by atoms with E-state index in [2.05, 4.69) is 11.9 Å². The maximum Gasteiger partial charge on any atom is 0.212 e. The summed E-state index contributed by atoms with van der Waals surface area (Å²) in [5.41, 5.74) is 7.29. The van der Waals surface area contributed by atoms with Crippen LogP contribution in [0.5, 0.6) is 0 Å². The molecule has 1 aliphatic heterocycles. The monoisotopic (exact) mass is 187 g/mol. The molecule has 0 atom stereocenters. The van der Waals surface area contributed by atoms with Gasteiger partial charge in [0, 0.05) is 19.8 Å². The summed E-state index contributed by atoms with van der Waals surface area (Å²) < 4.78 is 5.25. The van der Waals surface area contributed by atoms with E-state index in [0.717, 1.165) is 26.1 Å². The van der Waals surface area contributed by atoms with Crippen LogP contribution in [0.1, 0.15) is 19.8 Å². The minimum Gasteiger partial charge on any atom is -0.381 e. The van der Waals surface area contributed by atoms with Crippen LogP contribution in [0.2, 0.25) is 0 Å². The van der Waals surface area contributed by atoms with E-state index in [0.29, 0.717) is 6.54 Å². The van der Waals surface area contributed by atoms with Crippen molar-refractivity contribution in [3.63, 3.8) is 0 Å². The van der Waals surface area contributed by atoms with E-state index in [1.807, 2.05) is 5.48 Å². The van der Waals surface area contributed by atoms with Crippen LogP contribution in [0.25, 0.3) is 0 Å². The Labute approximate surface area is 77.9 Å². The van der Waals surface area contributed by atoms with E-state index < -0.39 is 0 Å². The van der Waals surface area contributed by atoms with Gasteiger partial charge in [-0.1, -0.05) is 6.92 Å². The van der Waals surface area contributed by atoms with E-state index in [1.54, 1.807) is 0 Å². The third kappa shape index (κ3) is 3.20. The summed E-state index contributed by atoms with van der Waals surface area (Å²) in [5.74, 6) is 0.0766. The number of rotatable bonds is 2. The van der Waals surface area contributed by atoms with Crippen LogP contribution in [0.15, 0.2) is 4.99 Å². The SMILES string of the molecule is CC1(CN=C(N)NO)CCOCC1. The highest BCUT2D eigenvalue weighted by molar-refractivity contribution is 5.76. The minimum absolute atomic E-state index is 0.0766. The molecule has 0 aromatic heterocycles. The van der Waals surface area contributed by atoms with Crippen molar-refractivity contribution in [2.45, 2.75) is 19.8 Å². The second kappa shape index (κ2) is 4.43. The molecule has 1 rings (SSSR count). The lowest BCUT2D eigenvalue weighted by molar-refractivity contribution is 0.0282. The molecule has 0 radical (unpaired) electrons. The number of guanidine groups is 1. The Bertz CT molecular complexity index is 188. The number of hydrogen-bond donors (Lipinski definition) is 3. The summed E-state index contributed by atoms with van der Waals surface area (Å²) in [4.78, 5) is 4.02. The standard InChI is InChI=1S/C8H17N3O2/c1-8(2-4-13-5-3-8)6-10-7(9)11-12/h12H,2-6H2,1H3,(H3,9,10,11). The van der Waals surface area contributed by atoms with Gasteiger partial charge in [0.05, 0.1) is 0 Å². The highest BCUT2D eigenvalue weighted by atomic mass is 16.5. The minimum atomic E-state index is 0.0766. The third-order valence-electron chi connectivity index (χ3n) is 2.45. The van der Waals surface area contributed by atoms with Gasteiger partial charge < -0.3 is 10.5 Å². The lowest BCUT2D eigenvalue weighted by Crippen LogP contribution is -2.33. The number of ether oxygens (including phenoxy) is 1. The van der Waals surface area contributed by atoms with Crippen LogP contribution in [-0.4, -0.2) is 30.9 Å². The van der Waals surface area contributed by atoms with E-state index in [-0.39, 0.29) is 11.4 Å². The zero-order chi connectivity index (χ0) is 9.73. The fourth-order valence-corrected chi connectivity index (χ4v) is 1.33. The van der Waals surface area contributed by atoms with Gasteiger partial charge in [0.15, 0.2) is 0 Å². The first-order chi connectivity index (χ1) is 6.16. The van der Waals surface area contributed by atoms with E-state index in [1.165, 1.54) is 0 Å². The normalized spacial score (nSPS) is 22.8. The molecule has 5 heteroatoms. The van der Waals surface area contributed by atoms with Crippen molar-refractivity contribution in [2.24, 2.45) is 16.1 Å². The summed E-state index contributed by atoms with van der Waals surface area (Å²) in [6.07, 6.45) is 1.99. The smallest absolute Gasteiger partial charge is 0.212 e. The van der Waals surface area contributed by atoms with Gasteiger partial charge in [-0.25, -0.2) is 5.48 Å². The second-order valence-electron chi connectivity index (χ2n) is 3.74. The molecule has 76 valence electrons. The van der Waals surface area contributed by atoms with Gasteiger partial charge in [-0.2, -0.15) is 0 Å². The molecule has 1 aliphatic rings. The van der Waals surface area contributed by atoms with Crippen LogP contribution in [0.3, 0.4) is 0 Å². The van der Waals surface area contributed by atoms with E-state index in [4.69, 9.17) is 15.7 Å². The molecule has 1 heterocycles. The first kappa shape index (κ1) is 10.3. The Morgan fingerprint density at radius 1 is 1.62 bits per heavy atom. The van der Waals surface area contributed by atoms with Gasteiger partial charge >= 0.3 is 0 Å². The van der Waals surface area contributed by atoms with Gasteiger partial charge in [0.25, 0.3) is 0 Å². The molecular weight excluding hydrogens is 170 g/mol. The molecule has 0 aromatic carbocycles. The maximum atomic E-state index is 8.42. The fraction of sp³-hybridized carbons (Fsp3) is 0.875. The number of nitrogens with one attached hydrogen (secondary N) is 1. The van der Waals surface area contributed by atoms with Gasteiger partial charge in [-0.3, -0.25) is 10.2 Å². The zero-order valence-electron chi connectivity index (χ0n) is 7.92. The van der Waals surface area contributed by atoms with Gasteiger partial charge in [-0.05, 0) is 18.3 Å². The average molecular weight is 187 g/mol. The lowest BCUT2D eigenvalue weighted by atomic mass is 9.83. The molecule has 1 fully saturated rings. The maximum absolute atomic E-state index is 8.42. The van der Waals surface area contributed by atoms with Gasteiger partial charge in [0.2, 0.25) is 5.96 Å². The van der Waals surface area contributed by atoms with E-state index >= 15 is 0 Å². The molecule has 4 N–H and O–H groups in total. The molecule has 0 unspecified atom stereocenters. The topological polar surface area (TPSA) is 79.9 Å². The van der Waals surface area contributed by atoms with Crippen molar-refractivity contribution in [2.75, 3.05) is 19.8 Å². The molecule has 0 aliphatic carbocycles. The van der Waals surface area contributed by atoms with Crippen LogP contribution in [0.4, 0.5) is 0 Å². The molecule has 0 spiro atoms. The second-order valence-corrected chi connectivity index (χ2v) is 3.74. The lowest BCUT2D eigenvalue weighted by Gasteiger charge is -2.31. The van der Waals surface area contributed by atoms with Crippen molar-refractivity contribution < 1.29 is 9.94 Å². The van der Waals surface area contributed by atoms with Crippen LogP contribution in [0, 0.1) is 5.41 Å². The fourth-order valence-electron chi connectivity index (χ4n) is 1.33. The Kier molecular flexibility index (Phi) is 3.50. The predicted octanol–water partition coefficient (Wildman–Crippen LogP) is 0.0966. The number of nitrogens with zero attached hydrogens (tertiary/aromatic N) is 1. The van der Waals surface area contributed by atoms with Crippen molar-refractivity contribution in [1.82, 2.24) is 5.48 Å². The van der Waals surface area contributed by atoms with Crippen molar-refractivity contribution in [1.29, 1.82) is 0 Å². The number of hydrogen-bond acceptors (Lipinski definition) is 3. The molecule has 0 bridgehead atoms. The average Bonchev–Trinajstić information content (AvgIpc) is 2.15. The van der Waals surface area contributed by atoms with Gasteiger partial charge in [0.1, 0.15) is 0 Å². The van der Waals surface area contributed by atoms with Crippen molar-refractivity contribution >= 4 is 5.96 Å². The summed E-state index contributed by atoms with van der Waals surface area (Å²) in [5, 5.41) is 8.42. The zero-order valence-corrected chi connectivity index (χ0v) is 7.92. The van der Waals surface area contributed by atoms with Crippen LogP contribution >= 0.6 is 0 Å². The van der Waals surface area contributed by atoms with Gasteiger partial charge in [-0.15, -0.1) is 0 Å². The Balaban J connectivity index is 2.41. The van der Waals surface area contributed by atoms with Crippen molar-refractivity contribution in [3.05, 3.63) is 0 Å². The van der Waals surface area contributed by atoms with Crippen LogP contribution in [-0.2, 0) is 4.74 Å². The molecular formula is C8H17N3O2. The first-order valence-corrected chi connectivity index (χ1v) is 4.44. The summed E-state index contributed by atoms with van der Waals surface area (Å²) in [6.45, 7) is 4.37. The summed E-state index contributed by atoms with van der Waals surface area (Å²) in [6, 6.07) is 0. The molecule has 0 amide bonds. The number of aliphatic imine (C=N–C) groups is 1. The van der Waals surface area contributed by atoms with Crippen LogP contribution < -0.4 is 11.2 Å². The quantitative estimate of drug-likeness (QED) is 0.325. The summed E-state index contributed by atoms with van der Waals surface area (Å²) >= 11 is 0.